The van der Waals surface area contributed by atoms with Crippen molar-refractivity contribution in [2.24, 2.45) is 0 Å². The van der Waals surface area contributed by atoms with Gasteiger partial charge in [-0.2, -0.15) is 5.10 Å². The second-order valence-corrected chi connectivity index (χ2v) is 8.42. The molecule has 1 aliphatic heterocycles. The quantitative estimate of drug-likeness (QED) is 0.444. The third-order valence-corrected chi connectivity index (χ3v) is 6.36. The lowest BCUT2D eigenvalue weighted by molar-refractivity contribution is -0.214. The number of pyridine rings is 1. The molecule has 2 fully saturated rings. The van der Waals surface area contributed by atoms with Crippen molar-refractivity contribution < 1.29 is 14.2 Å². The Hall–Kier alpha value is -1.58. The first-order valence-corrected chi connectivity index (χ1v) is 11.1. The van der Waals surface area contributed by atoms with Gasteiger partial charge in [-0.25, -0.2) is 0 Å². The van der Waals surface area contributed by atoms with Gasteiger partial charge < -0.3 is 19.5 Å². The van der Waals surface area contributed by atoms with Gasteiger partial charge in [-0.1, -0.05) is 0 Å². The van der Waals surface area contributed by atoms with E-state index in [1.807, 2.05) is 12.3 Å². The number of aryl methyl sites for hydroxylation is 1. The molecule has 30 heavy (non-hydrogen) atoms. The molecule has 1 unspecified atom stereocenters. The Morgan fingerprint density at radius 3 is 2.90 bits per heavy atom. The van der Waals surface area contributed by atoms with Crippen LogP contribution in [0.3, 0.4) is 0 Å². The number of methoxy groups -OCH3 is 2. The SMILES string of the molecule is COCCCCn1nc(CN(C2CC2)C(C)(OC)[C@H]2CNCCO2)c2ncccc21. The maximum atomic E-state index is 6.12. The van der Waals surface area contributed by atoms with Crippen LogP contribution in [-0.2, 0) is 27.3 Å². The van der Waals surface area contributed by atoms with Crippen molar-refractivity contribution in [1.82, 2.24) is 25.0 Å². The van der Waals surface area contributed by atoms with Crippen molar-refractivity contribution in [2.45, 2.75) is 63.6 Å². The highest BCUT2D eigenvalue weighted by atomic mass is 16.6. The fraction of sp³-hybridized carbons (Fsp3) is 0.727. The highest BCUT2D eigenvalue weighted by molar-refractivity contribution is 5.77. The Bertz CT molecular complexity index is 818. The van der Waals surface area contributed by atoms with Crippen LogP contribution in [0.2, 0.25) is 0 Å². The number of fused-ring (bicyclic) bond motifs is 1. The molecule has 8 heteroatoms. The average Bonchev–Trinajstić information content (AvgIpc) is 3.58. The topological polar surface area (TPSA) is 73.7 Å². The van der Waals surface area contributed by atoms with Crippen LogP contribution in [0, 0.1) is 0 Å². The first-order valence-electron chi connectivity index (χ1n) is 11.1. The van der Waals surface area contributed by atoms with Gasteiger partial charge >= 0.3 is 0 Å². The minimum atomic E-state index is -0.516. The lowest BCUT2D eigenvalue weighted by Gasteiger charge is -2.46. The Balaban J connectivity index is 1.59. The van der Waals surface area contributed by atoms with E-state index < -0.39 is 5.72 Å². The van der Waals surface area contributed by atoms with Crippen LogP contribution in [0.1, 0.15) is 38.3 Å². The Kier molecular flexibility index (Phi) is 7.00. The average molecular weight is 418 g/mol. The van der Waals surface area contributed by atoms with Crippen molar-refractivity contribution in [3.05, 3.63) is 24.0 Å². The molecule has 1 saturated heterocycles. The molecule has 2 atom stereocenters. The fourth-order valence-corrected chi connectivity index (χ4v) is 4.40. The van der Waals surface area contributed by atoms with Crippen molar-refractivity contribution in [3.8, 4) is 0 Å². The summed E-state index contributed by atoms with van der Waals surface area (Å²) in [6, 6.07) is 4.59. The molecule has 1 saturated carbocycles. The predicted octanol–water partition coefficient (Wildman–Crippen LogP) is 2.17. The van der Waals surface area contributed by atoms with E-state index in [0.717, 1.165) is 55.8 Å². The molecule has 0 radical (unpaired) electrons. The number of nitrogens with one attached hydrogen (secondary N) is 1. The number of rotatable bonds is 11. The van der Waals surface area contributed by atoms with Gasteiger partial charge in [0, 0.05) is 59.2 Å². The van der Waals surface area contributed by atoms with Gasteiger partial charge in [0.25, 0.3) is 0 Å². The molecule has 3 heterocycles. The van der Waals surface area contributed by atoms with E-state index in [0.29, 0.717) is 19.2 Å². The third kappa shape index (κ3) is 4.53. The molecular weight excluding hydrogens is 382 g/mol. The Morgan fingerprint density at radius 2 is 2.20 bits per heavy atom. The Labute approximate surface area is 178 Å². The number of hydrogen-bond donors (Lipinski definition) is 1. The second kappa shape index (κ2) is 9.70. The lowest BCUT2D eigenvalue weighted by atomic mass is 10.0. The van der Waals surface area contributed by atoms with E-state index in [1.165, 1.54) is 12.8 Å². The predicted molar refractivity (Wildman–Crippen MR) is 115 cm³/mol. The first kappa shape index (κ1) is 21.6. The fourth-order valence-electron chi connectivity index (χ4n) is 4.40. The monoisotopic (exact) mass is 417 g/mol. The van der Waals surface area contributed by atoms with Crippen LogP contribution in [0.5, 0.6) is 0 Å². The van der Waals surface area contributed by atoms with Crippen molar-refractivity contribution in [1.29, 1.82) is 0 Å². The van der Waals surface area contributed by atoms with E-state index in [4.69, 9.17) is 19.3 Å². The Morgan fingerprint density at radius 1 is 1.33 bits per heavy atom. The van der Waals surface area contributed by atoms with Crippen LogP contribution in [-0.4, -0.2) is 78.1 Å². The van der Waals surface area contributed by atoms with Crippen LogP contribution in [0.4, 0.5) is 0 Å². The van der Waals surface area contributed by atoms with Gasteiger partial charge in [0.05, 0.1) is 12.1 Å². The van der Waals surface area contributed by atoms with Crippen LogP contribution < -0.4 is 5.32 Å². The number of nitrogens with zero attached hydrogens (tertiary/aromatic N) is 4. The van der Waals surface area contributed by atoms with Crippen molar-refractivity contribution >= 4 is 11.0 Å². The van der Waals surface area contributed by atoms with Gasteiger partial charge in [0.1, 0.15) is 23.0 Å². The molecule has 2 aliphatic rings. The summed E-state index contributed by atoms with van der Waals surface area (Å²) >= 11 is 0. The molecule has 2 aromatic heterocycles. The summed E-state index contributed by atoms with van der Waals surface area (Å²) in [6.45, 7) is 6.90. The highest BCUT2D eigenvalue weighted by Gasteiger charge is 2.48. The summed E-state index contributed by atoms with van der Waals surface area (Å²) in [5, 5.41) is 8.44. The summed E-state index contributed by atoms with van der Waals surface area (Å²) in [5.41, 5.74) is 2.57. The van der Waals surface area contributed by atoms with Gasteiger partial charge in [0.2, 0.25) is 0 Å². The maximum Gasteiger partial charge on any atom is 0.146 e. The summed E-state index contributed by atoms with van der Waals surface area (Å²) in [4.78, 5) is 7.12. The molecule has 2 aromatic rings. The van der Waals surface area contributed by atoms with E-state index in [-0.39, 0.29) is 6.10 Å². The van der Waals surface area contributed by atoms with E-state index in [1.54, 1.807) is 14.2 Å². The zero-order valence-corrected chi connectivity index (χ0v) is 18.5. The molecule has 0 bridgehead atoms. The first-order chi connectivity index (χ1) is 14.7. The second-order valence-electron chi connectivity index (χ2n) is 8.42. The van der Waals surface area contributed by atoms with Gasteiger partial charge in [-0.05, 0) is 44.7 Å². The summed E-state index contributed by atoms with van der Waals surface area (Å²) in [5.74, 6) is 0. The molecular formula is C22H35N5O3. The lowest BCUT2D eigenvalue weighted by Crippen LogP contribution is -2.62. The molecule has 4 rings (SSSR count). The maximum absolute atomic E-state index is 6.12. The molecule has 0 aromatic carbocycles. The number of hydrogen-bond acceptors (Lipinski definition) is 7. The number of unbranched alkanes of at least 4 members (excludes halogenated alkanes) is 1. The van der Waals surface area contributed by atoms with Crippen LogP contribution in [0.15, 0.2) is 18.3 Å². The molecule has 0 spiro atoms. The van der Waals surface area contributed by atoms with Gasteiger partial charge in [-0.3, -0.25) is 14.6 Å². The van der Waals surface area contributed by atoms with Gasteiger partial charge in [-0.15, -0.1) is 0 Å². The number of morpholine rings is 1. The normalized spacial score (nSPS) is 21.9. The highest BCUT2D eigenvalue weighted by Crippen LogP contribution is 2.38. The van der Waals surface area contributed by atoms with Crippen molar-refractivity contribution in [2.75, 3.05) is 40.5 Å². The van der Waals surface area contributed by atoms with Crippen LogP contribution in [0.25, 0.3) is 11.0 Å². The van der Waals surface area contributed by atoms with Crippen LogP contribution >= 0.6 is 0 Å². The molecule has 0 amide bonds. The van der Waals surface area contributed by atoms with E-state index in [2.05, 4.69) is 32.9 Å². The zero-order chi connectivity index (χ0) is 21.0. The third-order valence-electron chi connectivity index (χ3n) is 6.36. The molecule has 1 N–H and O–H groups in total. The van der Waals surface area contributed by atoms with Gasteiger partial charge in [0.15, 0.2) is 0 Å². The smallest absolute Gasteiger partial charge is 0.146 e. The standard InChI is InChI=1S/C22H35N5O3/c1-22(29-3,20-15-23-11-14-30-20)26(17-8-9-17)16-18-21-19(7-6-10-24-21)27(25-18)12-4-5-13-28-2/h6-7,10,17,20,23H,4-5,8-9,11-16H2,1-3H3/t20-,22?/m1/s1. The minimum absolute atomic E-state index is 0.0211. The minimum Gasteiger partial charge on any atom is -0.385 e. The van der Waals surface area contributed by atoms with E-state index in [9.17, 15) is 0 Å². The number of ether oxygens (including phenoxy) is 3. The summed E-state index contributed by atoms with van der Waals surface area (Å²) in [6.07, 6.45) is 6.25. The summed E-state index contributed by atoms with van der Waals surface area (Å²) < 4.78 is 19.5. The largest absolute Gasteiger partial charge is 0.385 e. The summed E-state index contributed by atoms with van der Waals surface area (Å²) in [7, 11) is 3.54. The number of aromatic nitrogens is 3. The molecule has 1 aliphatic carbocycles. The zero-order valence-electron chi connectivity index (χ0n) is 18.5. The molecule has 8 nitrogen and oxygen atoms in total. The molecule has 166 valence electrons. The van der Waals surface area contributed by atoms with E-state index >= 15 is 0 Å². The van der Waals surface area contributed by atoms with Crippen molar-refractivity contribution in [3.63, 3.8) is 0 Å².